The summed E-state index contributed by atoms with van der Waals surface area (Å²) < 4.78 is 17.7. The second-order valence-electron chi connectivity index (χ2n) is 3.48. The summed E-state index contributed by atoms with van der Waals surface area (Å²) >= 11 is 0. The first-order valence-corrected chi connectivity index (χ1v) is 5.08. The van der Waals surface area contributed by atoms with E-state index in [-0.39, 0.29) is 23.7 Å². The number of hydrogen-bond acceptors (Lipinski definition) is 3. The van der Waals surface area contributed by atoms with Crippen molar-refractivity contribution in [3.05, 3.63) is 41.2 Å². The molecule has 0 heterocycles. The van der Waals surface area contributed by atoms with Gasteiger partial charge < -0.3 is 4.74 Å². The molecule has 0 spiro atoms. The maximum absolute atomic E-state index is 13.2. The van der Waals surface area contributed by atoms with Gasteiger partial charge in [-0.15, -0.1) is 0 Å². The highest BCUT2D eigenvalue weighted by Gasteiger charge is 2.06. The van der Waals surface area contributed by atoms with Crippen molar-refractivity contribution in [1.82, 2.24) is 0 Å². The predicted octanol–water partition coefficient (Wildman–Crippen LogP) is 2.60. The van der Waals surface area contributed by atoms with Crippen LogP contribution in [0.4, 0.5) is 4.39 Å². The molecule has 0 atom stereocenters. The number of hydrogen-bond donors (Lipinski definition) is 0. The lowest BCUT2D eigenvalue weighted by Crippen LogP contribution is -1.98. The molecule has 1 rings (SSSR count). The second-order valence-corrected chi connectivity index (χ2v) is 3.48. The molecule has 0 unspecified atom stereocenters. The van der Waals surface area contributed by atoms with Crippen LogP contribution in [0.1, 0.15) is 29.3 Å². The highest BCUT2D eigenvalue weighted by atomic mass is 19.1. The Balaban J connectivity index is 2.82. The van der Waals surface area contributed by atoms with Crippen molar-refractivity contribution in [3.8, 4) is 0 Å². The summed E-state index contributed by atoms with van der Waals surface area (Å²) in [5, 5.41) is 0. The van der Waals surface area contributed by atoms with Gasteiger partial charge in [0.15, 0.2) is 5.78 Å². The van der Waals surface area contributed by atoms with Gasteiger partial charge in [-0.25, -0.2) is 4.39 Å². The number of Topliss-reactive ketones (excluding diaryl/α,β-unsaturated/α-hetero) is 1. The number of carbonyl (C=O) groups excluding carboxylic acids is 2. The molecule has 17 heavy (non-hydrogen) atoms. The Morgan fingerprint density at radius 1 is 1.41 bits per heavy atom. The van der Waals surface area contributed by atoms with E-state index in [4.69, 9.17) is 0 Å². The Labute approximate surface area is 98.9 Å². The average Bonchev–Trinajstić information content (AvgIpc) is 2.30. The van der Waals surface area contributed by atoms with Crippen molar-refractivity contribution >= 4 is 17.8 Å². The van der Waals surface area contributed by atoms with Crippen LogP contribution in [0.25, 0.3) is 6.08 Å². The largest absolute Gasteiger partial charge is 0.469 e. The van der Waals surface area contributed by atoms with Gasteiger partial charge in [-0.05, 0) is 24.6 Å². The molecule has 1 aromatic carbocycles. The quantitative estimate of drug-likeness (QED) is 0.596. The first kappa shape index (κ1) is 13.1. The Morgan fingerprint density at radius 3 is 2.71 bits per heavy atom. The Kier molecular flexibility index (Phi) is 4.57. The topological polar surface area (TPSA) is 43.4 Å². The van der Waals surface area contributed by atoms with E-state index >= 15 is 0 Å². The lowest BCUT2D eigenvalue weighted by Gasteiger charge is -2.00. The van der Waals surface area contributed by atoms with E-state index in [0.717, 1.165) is 0 Å². The molecule has 0 aliphatic rings. The summed E-state index contributed by atoms with van der Waals surface area (Å²) in [5.74, 6) is -1.22. The molecule has 0 N–H and O–H groups in total. The standard InChI is InChI=1S/C13H13FO3/c1-9(15)11-8-10(6-7-12(11)14)4-3-5-13(16)17-2/h3-4,6-8H,5H2,1-2H3. The lowest BCUT2D eigenvalue weighted by molar-refractivity contribution is -0.139. The van der Waals surface area contributed by atoms with Gasteiger partial charge in [0.1, 0.15) is 5.82 Å². The average molecular weight is 236 g/mol. The van der Waals surface area contributed by atoms with Gasteiger partial charge in [0.05, 0.1) is 19.1 Å². The molecule has 0 saturated carbocycles. The Morgan fingerprint density at radius 2 is 2.12 bits per heavy atom. The van der Waals surface area contributed by atoms with E-state index in [1.54, 1.807) is 12.2 Å². The van der Waals surface area contributed by atoms with Gasteiger partial charge in [-0.1, -0.05) is 18.2 Å². The van der Waals surface area contributed by atoms with Crippen LogP contribution in [0, 0.1) is 5.82 Å². The molecule has 0 fully saturated rings. The monoisotopic (exact) mass is 236 g/mol. The third-order valence-electron chi connectivity index (χ3n) is 2.19. The van der Waals surface area contributed by atoms with Crippen LogP contribution < -0.4 is 0 Å². The number of benzene rings is 1. The van der Waals surface area contributed by atoms with Crippen molar-refractivity contribution in [1.29, 1.82) is 0 Å². The van der Waals surface area contributed by atoms with Crippen LogP contribution in [0.3, 0.4) is 0 Å². The van der Waals surface area contributed by atoms with Crippen LogP contribution in [-0.4, -0.2) is 18.9 Å². The molecule has 1 aromatic rings. The summed E-state index contributed by atoms with van der Waals surface area (Å²) in [6, 6.07) is 4.22. The second kappa shape index (κ2) is 5.94. The molecule has 0 aliphatic carbocycles. The number of ether oxygens (including phenoxy) is 1. The number of esters is 1. The molecular formula is C13H13FO3. The van der Waals surface area contributed by atoms with Gasteiger partial charge in [0.2, 0.25) is 0 Å². The van der Waals surface area contributed by atoms with Crippen molar-refractivity contribution in [2.24, 2.45) is 0 Å². The first-order chi connectivity index (χ1) is 8.04. The third kappa shape index (κ3) is 3.83. The van der Waals surface area contributed by atoms with E-state index < -0.39 is 5.82 Å². The van der Waals surface area contributed by atoms with Gasteiger partial charge in [-0.2, -0.15) is 0 Å². The SMILES string of the molecule is COC(=O)CC=Cc1ccc(F)c(C(C)=O)c1. The predicted molar refractivity (Wildman–Crippen MR) is 62.1 cm³/mol. The molecule has 0 radical (unpaired) electrons. The molecule has 90 valence electrons. The van der Waals surface area contributed by atoms with E-state index in [2.05, 4.69) is 4.74 Å². The zero-order valence-electron chi connectivity index (χ0n) is 9.70. The third-order valence-corrected chi connectivity index (χ3v) is 2.19. The van der Waals surface area contributed by atoms with Gasteiger partial charge in [0, 0.05) is 0 Å². The number of rotatable bonds is 4. The van der Waals surface area contributed by atoms with Crippen molar-refractivity contribution in [3.63, 3.8) is 0 Å². The number of halogens is 1. The molecule has 0 amide bonds. The summed E-state index contributed by atoms with van der Waals surface area (Å²) in [5.41, 5.74) is 0.714. The number of methoxy groups -OCH3 is 1. The molecule has 0 aromatic heterocycles. The minimum atomic E-state index is -0.539. The van der Waals surface area contributed by atoms with Crippen molar-refractivity contribution in [2.75, 3.05) is 7.11 Å². The lowest BCUT2D eigenvalue weighted by atomic mass is 10.1. The summed E-state index contributed by atoms with van der Waals surface area (Å²) in [6.45, 7) is 1.31. The Bertz CT molecular complexity index is 464. The highest BCUT2D eigenvalue weighted by Crippen LogP contribution is 2.12. The number of ketones is 1. The highest BCUT2D eigenvalue weighted by molar-refractivity contribution is 5.94. The summed E-state index contributed by atoms with van der Waals surface area (Å²) in [6.07, 6.45) is 3.38. The van der Waals surface area contributed by atoms with Crippen molar-refractivity contribution < 1.29 is 18.7 Å². The molecule has 0 bridgehead atoms. The van der Waals surface area contributed by atoms with Gasteiger partial charge in [-0.3, -0.25) is 9.59 Å². The van der Waals surface area contributed by atoms with Gasteiger partial charge >= 0.3 is 5.97 Å². The van der Waals surface area contributed by atoms with Crippen LogP contribution in [0.15, 0.2) is 24.3 Å². The van der Waals surface area contributed by atoms with Crippen LogP contribution in [-0.2, 0) is 9.53 Å². The van der Waals surface area contributed by atoms with Crippen LogP contribution in [0.2, 0.25) is 0 Å². The van der Waals surface area contributed by atoms with Gasteiger partial charge in [0.25, 0.3) is 0 Å². The normalized spacial score (nSPS) is 10.5. The fourth-order valence-electron chi connectivity index (χ4n) is 1.29. The Hall–Kier alpha value is -1.97. The van der Waals surface area contributed by atoms with E-state index in [1.807, 2.05) is 0 Å². The smallest absolute Gasteiger partial charge is 0.309 e. The number of carbonyl (C=O) groups is 2. The molecule has 0 saturated heterocycles. The van der Waals surface area contributed by atoms with E-state index in [0.29, 0.717) is 5.56 Å². The summed E-state index contributed by atoms with van der Waals surface area (Å²) in [4.78, 5) is 22.0. The molecule has 4 heteroatoms. The van der Waals surface area contributed by atoms with E-state index in [1.165, 1.54) is 32.2 Å². The van der Waals surface area contributed by atoms with E-state index in [9.17, 15) is 14.0 Å². The molecule has 3 nitrogen and oxygen atoms in total. The zero-order chi connectivity index (χ0) is 12.8. The fourth-order valence-corrected chi connectivity index (χ4v) is 1.29. The minimum absolute atomic E-state index is 0.0465. The van der Waals surface area contributed by atoms with Crippen LogP contribution >= 0.6 is 0 Å². The molecular weight excluding hydrogens is 223 g/mol. The molecule has 0 aliphatic heterocycles. The maximum atomic E-state index is 13.2. The zero-order valence-corrected chi connectivity index (χ0v) is 9.70. The maximum Gasteiger partial charge on any atom is 0.309 e. The van der Waals surface area contributed by atoms with Crippen LogP contribution in [0.5, 0.6) is 0 Å². The fraction of sp³-hybridized carbons (Fsp3) is 0.231. The first-order valence-electron chi connectivity index (χ1n) is 5.08. The van der Waals surface area contributed by atoms with Crippen molar-refractivity contribution in [2.45, 2.75) is 13.3 Å². The minimum Gasteiger partial charge on any atom is -0.469 e. The summed E-state index contributed by atoms with van der Waals surface area (Å²) in [7, 11) is 1.31.